The maximum Gasteiger partial charge on any atom is 0.342 e. The summed E-state index contributed by atoms with van der Waals surface area (Å²) in [4.78, 5) is 12.5. The van der Waals surface area contributed by atoms with Crippen molar-refractivity contribution in [1.29, 1.82) is 0 Å². The van der Waals surface area contributed by atoms with Crippen molar-refractivity contribution < 1.29 is 23.7 Å². The average molecular weight is 446 g/mol. The number of nitrogens with one attached hydrogen (secondary N) is 1. The number of carbonyl (C=O) groups excluding carboxylic acids is 1. The van der Waals surface area contributed by atoms with E-state index in [1.54, 1.807) is 7.11 Å². The molecule has 0 amide bonds. The summed E-state index contributed by atoms with van der Waals surface area (Å²) in [7, 11) is 0.447. The summed E-state index contributed by atoms with van der Waals surface area (Å²) in [6.45, 7) is 13.0. The standard InChI is InChI=1S/C24H35NO5Si/c1-8-11-25-14-17(2)9-10-19-22(27-4)18(3)20-15-29-24(26)21(20)23(19)30-16-28-12-13-31(5,6)7/h1,9,25H,10-16H2,2-7H3/b17-9+. The van der Waals surface area contributed by atoms with Crippen molar-refractivity contribution in [3.05, 3.63) is 33.9 Å². The number of fused-ring (bicyclic) bond motifs is 1. The Morgan fingerprint density at radius 1 is 1.32 bits per heavy atom. The van der Waals surface area contributed by atoms with Crippen molar-refractivity contribution >= 4 is 14.0 Å². The molecule has 1 aromatic rings. The molecule has 1 aliphatic heterocycles. The Bertz CT molecular complexity index is 864. The lowest BCUT2D eigenvalue weighted by molar-refractivity contribution is 0.0204. The van der Waals surface area contributed by atoms with E-state index in [0.29, 0.717) is 37.4 Å². The largest absolute Gasteiger partial charge is 0.496 e. The summed E-state index contributed by atoms with van der Waals surface area (Å²) >= 11 is 0. The number of benzene rings is 1. The van der Waals surface area contributed by atoms with Crippen LogP contribution in [0.2, 0.25) is 25.7 Å². The molecule has 0 spiro atoms. The third-order valence-electron chi connectivity index (χ3n) is 5.19. The van der Waals surface area contributed by atoms with Crippen LogP contribution in [-0.2, 0) is 22.5 Å². The van der Waals surface area contributed by atoms with Gasteiger partial charge in [-0.05, 0) is 31.9 Å². The van der Waals surface area contributed by atoms with Crippen LogP contribution in [-0.4, -0.2) is 47.6 Å². The zero-order valence-corrected chi connectivity index (χ0v) is 20.6. The molecule has 6 nitrogen and oxygen atoms in total. The minimum atomic E-state index is -1.19. The number of hydrogen-bond acceptors (Lipinski definition) is 6. The highest BCUT2D eigenvalue weighted by Gasteiger charge is 2.33. The first-order chi connectivity index (χ1) is 14.7. The van der Waals surface area contributed by atoms with E-state index in [-0.39, 0.29) is 19.4 Å². The number of hydrogen-bond donors (Lipinski definition) is 1. The third kappa shape index (κ3) is 6.86. The summed E-state index contributed by atoms with van der Waals surface area (Å²) in [5, 5.41) is 3.18. The van der Waals surface area contributed by atoms with Gasteiger partial charge >= 0.3 is 5.97 Å². The Hall–Kier alpha value is -2.27. The SMILES string of the molecule is C#CCNC/C(C)=C/Cc1c(OC)c(C)c2c(c1OCOCC[Si](C)(C)C)C(=O)OC2. The first-order valence-electron chi connectivity index (χ1n) is 10.6. The lowest BCUT2D eigenvalue weighted by atomic mass is 9.95. The molecule has 0 aliphatic carbocycles. The molecule has 0 unspecified atom stereocenters. The smallest absolute Gasteiger partial charge is 0.342 e. The highest BCUT2D eigenvalue weighted by Crippen LogP contribution is 2.42. The van der Waals surface area contributed by atoms with Gasteiger partial charge in [-0.2, -0.15) is 0 Å². The van der Waals surface area contributed by atoms with E-state index in [4.69, 9.17) is 25.4 Å². The fraction of sp³-hybridized carbons (Fsp3) is 0.542. The van der Waals surface area contributed by atoms with Crippen molar-refractivity contribution in [1.82, 2.24) is 5.32 Å². The number of methoxy groups -OCH3 is 1. The van der Waals surface area contributed by atoms with Crippen LogP contribution in [0.5, 0.6) is 11.5 Å². The summed E-state index contributed by atoms with van der Waals surface area (Å²) in [6.07, 6.45) is 7.94. The Balaban J connectivity index is 2.30. The minimum Gasteiger partial charge on any atom is -0.496 e. The second-order valence-corrected chi connectivity index (χ2v) is 14.6. The lowest BCUT2D eigenvalue weighted by Crippen LogP contribution is -2.22. The van der Waals surface area contributed by atoms with Crippen LogP contribution in [0.25, 0.3) is 0 Å². The Morgan fingerprint density at radius 3 is 2.71 bits per heavy atom. The van der Waals surface area contributed by atoms with Crippen molar-refractivity contribution in [2.45, 2.75) is 52.6 Å². The molecular formula is C24H35NO5Si. The monoisotopic (exact) mass is 445 g/mol. The summed E-state index contributed by atoms with van der Waals surface area (Å²) in [5.74, 6) is 3.41. The van der Waals surface area contributed by atoms with Gasteiger partial charge in [0.25, 0.3) is 0 Å². The predicted octanol–water partition coefficient (Wildman–Crippen LogP) is 4.08. The maximum absolute atomic E-state index is 12.5. The third-order valence-corrected chi connectivity index (χ3v) is 6.90. The number of rotatable bonds is 12. The van der Waals surface area contributed by atoms with Gasteiger partial charge < -0.3 is 24.3 Å². The van der Waals surface area contributed by atoms with Crippen LogP contribution < -0.4 is 14.8 Å². The van der Waals surface area contributed by atoms with Crippen LogP contribution in [0, 0.1) is 19.3 Å². The Labute approximate surface area is 187 Å². The zero-order chi connectivity index (χ0) is 23.0. The van der Waals surface area contributed by atoms with Crippen molar-refractivity contribution in [3.8, 4) is 23.8 Å². The van der Waals surface area contributed by atoms with Crippen LogP contribution >= 0.6 is 0 Å². The number of allylic oxidation sites excluding steroid dienone is 1. The molecule has 0 aromatic heterocycles. The first kappa shape index (κ1) is 25.0. The molecule has 170 valence electrons. The molecule has 2 rings (SSSR count). The molecule has 31 heavy (non-hydrogen) atoms. The summed E-state index contributed by atoms with van der Waals surface area (Å²) in [5.41, 5.74) is 4.16. The van der Waals surface area contributed by atoms with E-state index < -0.39 is 8.07 Å². The minimum absolute atomic E-state index is 0.0792. The molecule has 0 saturated carbocycles. The number of terminal acetylenes is 1. The second-order valence-electron chi connectivity index (χ2n) is 8.94. The summed E-state index contributed by atoms with van der Waals surface area (Å²) in [6, 6.07) is 1.05. The van der Waals surface area contributed by atoms with Gasteiger partial charge in [0.2, 0.25) is 0 Å². The van der Waals surface area contributed by atoms with Gasteiger partial charge in [0.15, 0.2) is 6.79 Å². The van der Waals surface area contributed by atoms with Gasteiger partial charge in [0.05, 0.1) is 13.7 Å². The van der Waals surface area contributed by atoms with E-state index in [9.17, 15) is 4.79 Å². The molecule has 1 heterocycles. The molecule has 7 heteroatoms. The van der Waals surface area contributed by atoms with Gasteiger partial charge in [-0.25, -0.2) is 4.79 Å². The second kappa shape index (κ2) is 11.4. The van der Waals surface area contributed by atoms with E-state index in [1.807, 2.05) is 13.8 Å². The quantitative estimate of drug-likeness (QED) is 0.131. The fourth-order valence-electron chi connectivity index (χ4n) is 3.39. The van der Waals surface area contributed by atoms with Gasteiger partial charge in [-0.15, -0.1) is 6.42 Å². The highest BCUT2D eigenvalue weighted by molar-refractivity contribution is 6.76. The highest BCUT2D eigenvalue weighted by atomic mass is 28.3. The van der Waals surface area contributed by atoms with Crippen LogP contribution in [0.1, 0.15) is 34.0 Å². The number of ether oxygens (including phenoxy) is 4. The van der Waals surface area contributed by atoms with Crippen molar-refractivity contribution in [3.63, 3.8) is 0 Å². The number of carbonyl (C=O) groups is 1. The maximum atomic E-state index is 12.5. The van der Waals surface area contributed by atoms with Gasteiger partial charge in [0, 0.05) is 32.4 Å². The predicted molar refractivity (Wildman–Crippen MR) is 126 cm³/mol. The molecule has 0 fully saturated rings. The molecule has 0 atom stereocenters. The zero-order valence-electron chi connectivity index (χ0n) is 19.6. The normalized spacial score (nSPS) is 13.6. The lowest BCUT2D eigenvalue weighted by Gasteiger charge is -2.20. The van der Waals surface area contributed by atoms with Gasteiger partial charge in [-0.1, -0.05) is 37.2 Å². The van der Waals surface area contributed by atoms with E-state index in [2.05, 4.69) is 37.0 Å². The first-order valence-corrected chi connectivity index (χ1v) is 14.3. The summed E-state index contributed by atoms with van der Waals surface area (Å²) < 4.78 is 22.8. The van der Waals surface area contributed by atoms with E-state index in [1.165, 1.54) is 0 Å². The average Bonchev–Trinajstić information content (AvgIpc) is 3.09. The topological polar surface area (TPSA) is 66.0 Å². The van der Waals surface area contributed by atoms with Crippen LogP contribution in [0.4, 0.5) is 0 Å². The van der Waals surface area contributed by atoms with Gasteiger partial charge in [0.1, 0.15) is 23.7 Å². The van der Waals surface area contributed by atoms with Gasteiger partial charge in [-0.3, -0.25) is 0 Å². The van der Waals surface area contributed by atoms with Crippen molar-refractivity contribution in [2.24, 2.45) is 0 Å². The molecule has 0 saturated heterocycles. The van der Waals surface area contributed by atoms with Crippen LogP contribution in [0.15, 0.2) is 11.6 Å². The van der Waals surface area contributed by atoms with Crippen molar-refractivity contribution in [2.75, 3.05) is 33.6 Å². The molecular weight excluding hydrogens is 410 g/mol. The molecule has 1 aromatic carbocycles. The fourth-order valence-corrected chi connectivity index (χ4v) is 4.14. The van der Waals surface area contributed by atoms with Crippen LogP contribution in [0.3, 0.4) is 0 Å². The van der Waals surface area contributed by atoms with E-state index >= 15 is 0 Å². The molecule has 1 aliphatic rings. The number of esters is 1. The van der Waals surface area contributed by atoms with E-state index in [0.717, 1.165) is 34.1 Å². The molecule has 0 radical (unpaired) electrons. The number of cyclic esters (lactones) is 1. The molecule has 0 bridgehead atoms. The Kier molecular flexibility index (Phi) is 9.17. The molecule has 1 N–H and O–H groups in total. The Morgan fingerprint density at radius 2 is 2.06 bits per heavy atom.